The Morgan fingerprint density at radius 1 is 1.18 bits per heavy atom. The third kappa shape index (κ3) is 2.37. The van der Waals surface area contributed by atoms with E-state index in [2.05, 4.69) is 48.1 Å². The van der Waals surface area contributed by atoms with Gasteiger partial charge in [0.25, 0.3) is 0 Å². The lowest BCUT2D eigenvalue weighted by molar-refractivity contribution is 0.676. The van der Waals surface area contributed by atoms with E-state index >= 15 is 0 Å². The average molecular weight is 230 g/mol. The van der Waals surface area contributed by atoms with Gasteiger partial charge in [0.2, 0.25) is 0 Å². The normalized spacial score (nSPS) is 11.2. The fourth-order valence-corrected chi connectivity index (χ4v) is 2.52. The fraction of sp³-hybridized carbons (Fsp3) is 0.467. The highest BCUT2D eigenvalue weighted by Crippen LogP contribution is 2.25. The van der Waals surface area contributed by atoms with Crippen molar-refractivity contribution < 1.29 is 0 Å². The number of rotatable bonds is 5. The summed E-state index contributed by atoms with van der Waals surface area (Å²) in [6.07, 6.45) is 3.70. The number of fused-ring (bicyclic) bond motifs is 1. The van der Waals surface area contributed by atoms with Crippen molar-refractivity contribution in [1.82, 2.24) is 9.88 Å². The minimum Gasteiger partial charge on any atom is -0.348 e. The molecule has 0 saturated heterocycles. The molecular formula is C15H22N2. The van der Waals surface area contributed by atoms with Gasteiger partial charge in [0.15, 0.2) is 0 Å². The van der Waals surface area contributed by atoms with Gasteiger partial charge in [0, 0.05) is 23.6 Å². The molecule has 0 aliphatic heterocycles. The summed E-state index contributed by atoms with van der Waals surface area (Å²) in [6.45, 7) is 3.34. The van der Waals surface area contributed by atoms with Crippen LogP contribution in [-0.2, 0) is 13.5 Å². The van der Waals surface area contributed by atoms with Crippen molar-refractivity contribution >= 4 is 10.9 Å². The van der Waals surface area contributed by atoms with Gasteiger partial charge in [-0.05, 0) is 51.4 Å². The molecule has 2 heteroatoms. The van der Waals surface area contributed by atoms with Gasteiger partial charge in [-0.25, -0.2) is 0 Å². The first kappa shape index (κ1) is 12.2. The molecular weight excluding hydrogens is 208 g/mol. The van der Waals surface area contributed by atoms with Gasteiger partial charge in [0.05, 0.1) is 0 Å². The van der Waals surface area contributed by atoms with E-state index < -0.39 is 0 Å². The maximum Gasteiger partial charge on any atom is 0.0482 e. The molecule has 0 atom stereocenters. The van der Waals surface area contributed by atoms with Gasteiger partial charge in [-0.2, -0.15) is 0 Å². The summed E-state index contributed by atoms with van der Waals surface area (Å²) in [5.41, 5.74) is 4.29. The summed E-state index contributed by atoms with van der Waals surface area (Å²) >= 11 is 0. The lowest BCUT2D eigenvalue weighted by Crippen LogP contribution is -2.07. The maximum absolute atomic E-state index is 3.21. The molecule has 1 aromatic carbocycles. The molecule has 0 aliphatic rings. The summed E-state index contributed by atoms with van der Waals surface area (Å²) in [7, 11) is 4.18. The summed E-state index contributed by atoms with van der Waals surface area (Å²) in [5.74, 6) is 0. The second kappa shape index (κ2) is 5.37. The maximum atomic E-state index is 3.21. The second-order valence-corrected chi connectivity index (χ2v) is 4.70. The fourth-order valence-electron chi connectivity index (χ4n) is 2.52. The quantitative estimate of drug-likeness (QED) is 0.781. The van der Waals surface area contributed by atoms with Crippen molar-refractivity contribution in [2.45, 2.75) is 26.2 Å². The molecule has 2 rings (SSSR count). The van der Waals surface area contributed by atoms with Gasteiger partial charge in [-0.3, -0.25) is 0 Å². The number of hydrogen-bond donors (Lipinski definition) is 1. The van der Waals surface area contributed by atoms with E-state index in [1.165, 1.54) is 41.4 Å². The number of aryl methyl sites for hydroxylation is 2. The molecule has 17 heavy (non-hydrogen) atoms. The average Bonchev–Trinajstić information content (AvgIpc) is 2.60. The van der Waals surface area contributed by atoms with Gasteiger partial charge in [-0.15, -0.1) is 0 Å². The van der Waals surface area contributed by atoms with Gasteiger partial charge < -0.3 is 9.88 Å². The van der Waals surface area contributed by atoms with Crippen LogP contribution in [0.25, 0.3) is 10.9 Å². The molecule has 0 unspecified atom stereocenters. The van der Waals surface area contributed by atoms with Crippen LogP contribution in [-0.4, -0.2) is 18.2 Å². The number of aromatic nitrogens is 1. The van der Waals surface area contributed by atoms with Crippen molar-refractivity contribution in [3.05, 3.63) is 35.5 Å². The van der Waals surface area contributed by atoms with Crippen LogP contribution in [0.2, 0.25) is 0 Å². The zero-order chi connectivity index (χ0) is 12.3. The van der Waals surface area contributed by atoms with Gasteiger partial charge in [0.1, 0.15) is 0 Å². The van der Waals surface area contributed by atoms with Crippen molar-refractivity contribution in [3.8, 4) is 0 Å². The van der Waals surface area contributed by atoms with Crippen LogP contribution < -0.4 is 5.32 Å². The first-order valence-corrected chi connectivity index (χ1v) is 6.43. The van der Waals surface area contributed by atoms with E-state index in [9.17, 15) is 0 Å². The van der Waals surface area contributed by atoms with Crippen LogP contribution in [0.5, 0.6) is 0 Å². The lowest BCUT2D eigenvalue weighted by Gasteiger charge is -2.03. The summed E-state index contributed by atoms with van der Waals surface area (Å²) in [4.78, 5) is 0. The number of nitrogens with one attached hydrogen (secondary N) is 1. The summed E-state index contributed by atoms with van der Waals surface area (Å²) in [6, 6.07) is 8.71. The van der Waals surface area contributed by atoms with Crippen LogP contribution in [0.1, 0.15) is 24.1 Å². The molecule has 1 aromatic heterocycles. The zero-order valence-electron chi connectivity index (χ0n) is 11.1. The van der Waals surface area contributed by atoms with Crippen LogP contribution in [0, 0.1) is 6.92 Å². The highest BCUT2D eigenvalue weighted by Gasteiger charge is 2.10. The third-order valence-electron chi connectivity index (χ3n) is 3.63. The number of para-hydroxylation sites is 1. The highest BCUT2D eigenvalue weighted by molar-refractivity contribution is 5.85. The Morgan fingerprint density at radius 2 is 1.94 bits per heavy atom. The van der Waals surface area contributed by atoms with Gasteiger partial charge in [-0.1, -0.05) is 18.2 Å². The van der Waals surface area contributed by atoms with Crippen molar-refractivity contribution in [2.24, 2.45) is 7.05 Å². The number of nitrogens with zero attached hydrogens (tertiary/aromatic N) is 1. The molecule has 0 aliphatic carbocycles. The molecule has 0 bridgehead atoms. The molecule has 0 radical (unpaired) electrons. The smallest absolute Gasteiger partial charge is 0.0482 e. The zero-order valence-corrected chi connectivity index (χ0v) is 11.1. The molecule has 1 N–H and O–H groups in total. The largest absolute Gasteiger partial charge is 0.348 e. The Hall–Kier alpha value is -1.28. The Labute approximate surface area is 104 Å². The van der Waals surface area contributed by atoms with Crippen molar-refractivity contribution in [3.63, 3.8) is 0 Å². The Morgan fingerprint density at radius 3 is 2.71 bits per heavy atom. The van der Waals surface area contributed by atoms with Crippen molar-refractivity contribution in [1.29, 1.82) is 0 Å². The van der Waals surface area contributed by atoms with E-state index in [-0.39, 0.29) is 0 Å². The molecule has 0 spiro atoms. The monoisotopic (exact) mass is 230 g/mol. The van der Waals surface area contributed by atoms with E-state index in [4.69, 9.17) is 0 Å². The van der Waals surface area contributed by atoms with E-state index in [0.29, 0.717) is 0 Å². The van der Waals surface area contributed by atoms with Crippen molar-refractivity contribution in [2.75, 3.05) is 13.6 Å². The summed E-state index contributed by atoms with van der Waals surface area (Å²) in [5, 5.41) is 4.63. The van der Waals surface area contributed by atoms with E-state index in [0.717, 1.165) is 6.54 Å². The molecule has 0 amide bonds. The standard InChI is InChI=1S/C15H22N2/c1-12-13(8-6-7-11-16-2)14-9-4-5-10-15(14)17(12)3/h4-5,9-10,16H,6-8,11H2,1-3H3. The Balaban J connectivity index is 2.24. The first-order chi connectivity index (χ1) is 8.25. The van der Waals surface area contributed by atoms with Crippen LogP contribution in [0.4, 0.5) is 0 Å². The number of hydrogen-bond acceptors (Lipinski definition) is 1. The molecule has 0 saturated carbocycles. The Bertz CT molecular complexity index is 497. The number of benzene rings is 1. The highest BCUT2D eigenvalue weighted by atomic mass is 14.9. The van der Waals surface area contributed by atoms with E-state index in [1.54, 1.807) is 0 Å². The predicted molar refractivity (Wildman–Crippen MR) is 74.5 cm³/mol. The Kier molecular flexibility index (Phi) is 3.85. The second-order valence-electron chi connectivity index (χ2n) is 4.70. The lowest BCUT2D eigenvalue weighted by atomic mass is 10.0. The molecule has 2 nitrogen and oxygen atoms in total. The minimum atomic E-state index is 1.11. The summed E-state index contributed by atoms with van der Waals surface area (Å²) < 4.78 is 2.31. The van der Waals surface area contributed by atoms with E-state index in [1.807, 2.05) is 7.05 Å². The van der Waals surface area contributed by atoms with Gasteiger partial charge >= 0.3 is 0 Å². The molecule has 0 fully saturated rings. The molecule has 2 aromatic rings. The predicted octanol–water partition coefficient (Wildman–Crippen LogP) is 3.03. The topological polar surface area (TPSA) is 17.0 Å². The van der Waals surface area contributed by atoms with Crippen LogP contribution >= 0.6 is 0 Å². The molecule has 1 heterocycles. The number of unbranched alkanes of at least 4 members (excludes halogenated alkanes) is 1. The third-order valence-corrected chi connectivity index (χ3v) is 3.63. The SMILES string of the molecule is CNCCCCc1c(C)n(C)c2ccccc12. The van der Waals surface area contributed by atoms with Crippen LogP contribution in [0.15, 0.2) is 24.3 Å². The van der Waals surface area contributed by atoms with Crippen LogP contribution in [0.3, 0.4) is 0 Å². The molecule has 92 valence electrons. The first-order valence-electron chi connectivity index (χ1n) is 6.43. The minimum absolute atomic E-state index is 1.11.